The summed E-state index contributed by atoms with van der Waals surface area (Å²) in [5.74, 6) is 0.913. The van der Waals surface area contributed by atoms with Crippen LogP contribution in [0.4, 0.5) is 0 Å². The second-order valence-electron chi connectivity index (χ2n) is 4.57. The van der Waals surface area contributed by atoms with Gasteiger partial charge in [0.1, 0.15) is 5.75 Å². The zero-order chi connectivity index (χ0) is 13.2. The van der Waals surface area contributed by atoms with Crippen LogP contribution in [0.5, 0.6) is 5.75 Å². The van der Waals surface area contributed by atoms with Crippen LogP contribution in [0.2, 0.25) is 5.02 Å². The standard InChI is InChI=1S/C15H24ClNO/c1-3-4-9-17-10-5-6-11-18-14-7-8-15(16)13(2)12-14/h7-8,12,17H,3-6,9-11H2,1-2H3. The summed E-state index contributed by atoms with van der Waals surface area (Å²) in [5, 5.41) is 4.22. The fraction of sp³-hybridized carbons (Fsp3) is 0.600. The van der Waals surface area contributed by atoms with Crippen molar-refractivity contribution in [3.63, 3.8) is 0 Å². The van der Waals surface area contributed by atoms with Gasteiger partial charge in [-0.3, -0.25) is 0 Å². The van der Waals surface area contributed by atoms with E-state index in [0.717, 1.165) is 48.9 Å². The van der Waals surface area contributed by atoms with Crippen LogP contribution in [0.25, 0.3) is 0 Å². The molecular weight excluding hydrogens is 246 g/mol. The molecule has 102 valence electrons. The van der Waals surface area contributed by atoms with Gasteiger partial charge >= 0.3 is 0 Å². The van der Waals surface area contributed by atoms with Crippen LogP contribution >= 0.6 is 11.6 Å². The van der Waals surface area contributed by atoms with Crippen molar-refractivity contribution in [1.29, 1.82) is 0 Å². The fourth-order valence-corrected chi connectivity index (χ4v) is 1.79. The first-order valence-electron chi connectivity index (χ1n) is 6.83. The Balaban J connectivity index is 2.05. The molecule has 1 N–H and O–H groups in total. The average molecular weight is 270 g/mol. The van der Waals surface area contributed by atoms with Crippen LogP contribution in [0, 0.1) is 6.92 Å². The van der Waals surface area contributed by atoms with Gasteiger partial charge in [-0.1, -0.05) is 24.9 Å². The van der Waals surface area contributed by atoms with Crippen molar-refractivity contribution in [1.82, 2.24) is 5.32 Å². The molecule has 0 saturated carbocycles. The van der Waals surface area contributed by atoms with Gasteiger partial charge in [0.15, 0.2) is 0 Å². The van der Waals surface area contributed by atoms with Gasteiger partial charge in [-0.25, -0.2) is 0 Å². The Labute approximate surface area is 116 Å². The molecular formula is C15H24ClNO. The minimum Gasteiger partial charge on any atom is -0.494 e. The number of ether oxygens (including phenoxy) is 1. The van der Waals surface area contributed by atoms with E-state index in [1.54, 1.807) is 0 Å². The van der Waals surface area contributed by atoms with Crippen LogP contribution < -0.4 is 10.1 Å². The molecule has 0 aromatic heterocycles. The first kappa shape index (κ1) is 15.3. The smallest absolute Gasteiger partial charge is 0.119 e. The Morgan fingerprint density at radius 1 is 1.17 bits per heavy atom. The summed E-state index contributed by atoms with van der Waals surface area (Å²) in [6.45, 7) is 7.20. The molecule has 0 unspecified atom stereocenters. The summed E-state index contributed by atoms with van der Waals surface area (Å²) < 4.78 is 5.68. The maximum absolute atomic E-state index is 5.96. The maximum Gasteiger partial charge on any atom is 0.119 e. The van der Waals surface area contributed by atoms with E-state index in [0.29, 0.717) is 0 Å². The van der Waals surface area contributed by atoms with Crippen LogP contribution in [-0.2, 0) is 0 Å². The van der Waals surface area contributed by atoms with Gasteiger partial charge < -0.3 is 10.1 Å². The first-order chi connectivity index (χ1) is 8.74. The van der Waals surface area contributed by atoms with Gasteiger partial charge in [-0.05, 0) is 63.0 Å². The van der Waals surface area contributed by atoms with Crippen LogP contribution in [0.1, 0.15) is 38.2 Å². The molecule has 3 heteroatoms. The number of hydrogen-bond acceptors (Lipinski definition) is 2. The van der Waals surface area contributed by atoms with Crippen LogP contribution in [0.3, 0.4) is 0 Å². The Morgan fingerprint density at radius 2 is 1.94 bits per heavy atom. The number of unbranched alkanes of at least 4 members (excludes halogenated alkanes) is 2. The first-order valence-corrected chi connectivity index (χ1v) is 7.21. The van der Waals surface area contributed by atoms with Crippen LogP contribution in [-0.4, -0.2) is 19.7 Å². The van der Waals surface area contributed by atoms with E-state index in [1.807, 2.05) is 25.1 Å². The highest BCUT2D eigenvalue weighted by atomic mass is 35.5. The van der Waals surface area contributed by atoms with E-state index in [2.05, 4.69) is 12.2 Å². The van der Waals surface area contributed by atoms with Crippen LogP contribution in [0.15, 0.2) is 18.2 Å². The molecule has 0 aliphatic carbocycles. The molecule has 0 aliphatic heterocycles. The van der Waals surface area contributed by atoms with Gasteiger partial charge in [0.05, 0.1) is 6.61 Å². The molecule has 0 bridgehead atoms. The van der Waals surface area contributed by atoms with Crippen molar-refractivity contribution >= 4 is 11.6 Å². The Bertz CT molecular complexity index is 341. The van der Waals surface area contributed by atoms with E-state index in [1.165, 1.54) is 12.8 Å². The summed E-state index contributed by atoms with van der Waals surface area (Å²) in [7, 11) is 0. The quantitative estimate of drug-likeness (QED) is 0.679. The van der Waals surface area contributed by atoms with E-state index in [9.17, 15) is 0 Å². The Hall–Kier alpha value is -0.730. The zero-order valence-corrected chi connectivity index (χ0v) is 12.2. The monoisotopic (exact) mass is 269 g/mol. The molecule has 0 saturated heterocycles. The molecule has 0 radical (unpaired) electrons. The Kier molecular flexibility index (Phi) is 7.86. The fourth-order valence-electron chi connectivity index (χ4n) is 1.68. The molecule has 0 heterocycles. The highest BCUT2D eigenvalue weighted by Crippen LogP contribution is 2.21. The number of nitrogens with one attached hydrogen (secondary N) is 1. The van der Waals surface area contributed by atoms with E-state index >= 15 is 0 Å². The largest absolute Gasteiger partial charge is 0.494 e. The van der Waals surface area contributed by atoms with Crippen molar-refractivity contribution in [2.45, 2.75) is 39.5 Å². The maximum atomic E-state index is 5.96. The lowest BCUT2D eigenvalue weighted by molar-refractivity contribution is 0.305. The third-order valence-electron chi connectivity index (χ3n) is 2.85. The lowest BCUT2D eigenvalue weighted by Gasteiger charge is -2.08. The molecule has 0 amide bonds. The molecule has 0 spiro atoms. The molecule has 0 atom stereocenters. The van der Waals surface area contributed by atoms with Crippen molar-refractivity contribution < 1.29 is 4.74 Å². The van der Waals surface area contributed by atoms with Crippen molar-refractivity contribution in [3.05, 3.63) is 28.8 Å². The number of benzene rings is 1. The second kappa shape index (κ2) is 9.23. The zero-order valence-electron chi connectivity index (χ0n) is 11.5. The molecule has 1 aromatic carbocycles. The summed E-state index contributed by atoms with van der Waals surface area (Å²) in [6, 6.07) is 5.80. The summed E-state index contributed by atoms with van der Waals surface area (Å²) in [4.78, 5) is 0. The number of rotatable bonds is 9. The van der Waals surface area contributed by atoms with Gasteiger partial charge in [0, 0.05) is 5.02 Å². The number of halogens is 1. The molecule has 1 aromatic rings. The molecule has 1 rings (SSSR count). The van der Waals surface area contributed by atoms with Crippen molar-refractivity contribution in [2.24, 2.45) is 0 Å². The predicted octanol–water partition coefficient (Wildman–Crippen LogP) is 4.20. The average Bonchev–Trinajstić information content (AvgIpc) is 2.37. The Morgan fingerprint density at radius 3 is 2.67 bits per heavy atom. The minimum atomic E-state index is 0.774. The second-order valence-corrected chi connectivity index (χ2v) is 4.98. The molecule has 18 heavy (non-hydrogen) atoms. The number of aryl methyl sites for hydroxylation is 1. The van der Waals surface area contributed by atoms with Gasteiger partial charge in [-0.15, -0.1) is 0 Å². The lowest BCUT2D eigenvalue weighted by Crippen LogP contribution is -2.17. The van der Waals surface area contributed by atoms with Gasteiger partial charge in [0.2, 0.25) is 0 Å². The third-order valence-corrected chi connectivity index (χ3v) is 3.28. The van der Waals surface area contributed by atoms with Gasteiger partial charge in [0.25, 0.3) is 0 Å². The van der Waals surface area contributed by atoms with E-state index in [-0.39, 0.29) is 0 Å². The predicted molar refractivity (Wildman–Crippen MR) is 78.7 cm³/mol. The summed E-state index contributed by atoms with van der Waals surface area (Å²) in [6.07, 6.45) is 4.77. The van der Waals surface area contributed by atoms with Crippen molar-refractivity contribution in [3.8, 4) is 5.75 Å². The molecule has 0 aliphatic rings. The normalized spacial score (nSPS) is 10.6. The highest BCUT2D eigenvalue weighted by Gasteiger charge is 1.98. The van der Waals surface area contributed by atoms with E-state index in [4.69, 9.17) is 16.3 Å². The molecule has 2 nitrogen and oxygen atoms in total. The highest BCUT2D eigenvalue weighted by molar-refractivity contribution is 6.31. The van der Waals surface area contributed by atoms with Gasteiger partial charge in [-0.2, -0.15) is 0 Å². The minimum absolute atomic E-state index is 0.774. The number of hydrogen-bond donors (Lipinski definition) is 1. The topological polar surface area (TPSA) is 21.3 Å². The third kappa shape index (κ3) is 6.27. The lowest BCUT2D eigenvalue weighted by atomic mass is 10.2. The van der Waals surface area contributed by atoms with E-state index < -0.39 is 0 Å². The summed E-state index contributed by atoms with van der Waals surface area (Å²) in [5.41, 5.74) is 1.07. The van der Waals surface area contributed by atoms with Crippen molar-refractivity contribution in [2.75, 3.05) is 19.7 Å². The SMILES string of the molecule is CCCCNCCCCOc1ccc(Cl)c(C)c1. The summed E-state index contributed by atoms with van der Waals surface area (Å²) >= 11 is 5.96. The molecule has 0 fully saturated rings.